The normalized spacial score (nSPS) is 10.8. The van der Waals surface area contributed by atoms with Crippen molar-refractivity contribution in [1.82, 2.24) is 4.98 Å². The Hall–Kier alpha value is -3.09. The van der Waals surface area contributed by atoms with Gasteiger partial charge in [-0.05, 0) is 42.0 Å². The molecule has 0 saturated carbocycles. The van der Waals surface area contributed by atoms with Gasteiger partial charge in [0.2, 0.25) is 0 Å². The summed E-state index contributed by atoms with van der Waals surface area (Å²) >= 11 is 0. The minimum absolute atomic E-state index is 0.0635. The minimum atomic E-state index is -1.50. The number of fused-ring (bicyclic) bond motifs is 1. The number of anilines is 1. The van der Waals surface area contributed by atoms with Gasteiger partial charge in [-0.1, -0.05) is 0 Å². The lowest BCUT2D eigenvalue weighted by molar-refractivity contribution is 0.100. The van der Waals surface area contributed by atoms with Crippen LogP contribution in [0.15, 0.2) is 42.6 Å². The number of hydrogen-bond acceptors (Lipinski definition) is 3. The second kappa shape index (κ2) is 6.19. The second-order valence-corrected chi connectivity index (χ2v) is 5.15. The van der Waals surface area contributed by atoms with E-state index in [2.05, 4.69) is 10.3 Å². The minimum Gasteiger partial charge on any atom is -0.380 e. The first-order valence-corrected chi connectivity index (χ1v) is 7.02. The molecule has 0 aliphatic heterocycles. The largest absolute Gasteiger partial charge is 0.380 e. The van der Waals surface area contributed by atoms with E-state index in [0.717, 1.165) is 12.1 Å². The first-order chi connectivity index (χ1) is 11.5. The van der Waals surface area contributed by atoms with Gasteiger partial charge in [-0.15, -0.1) is 0 Å². The fourth-order valence-electron chi connectivity index (χ4n) is 2.43. The Labute approximate surface area is 135 Å². The third-order valence-electron chi connectivity index (χ3n) is 3.56. The highest BCUT2D eigenvalue weighted by Crippen LogP contribution is 2.25. The van der Waals surface area contributed by atoms with Crippen LogP contribution in [0.5, 0.6) is 0 Å². The fourth-order valence-corrected chi connectivity index (χ4v) is 2.43. The van der Waals surface area contributed by atoms with Gasteiger partial charge in [0.1, 0.15) is 0 Å². The predicted molar refractivity (Wildman–Crippen MR) is 83.9 cm³/mol. The van der Waals surface area contributed by atoms with Crippen molar-refractivity contribution in [3.8, 4) is 0 Å². The molecule has 0 fully saturated rings. The summed E-state index contributed by atoms with van der Waals surface area (Å²) in [6, 6.07) is 8.41. The quantitative estimate of drug-likeness (QED) is 0.720. The topological polar surface area (TPSA) is 68.0 Å². The molecule has 0 atom stereocenters. The molecule has 3 aromatic rings. The van der Waals surface area contributed by atoms with Crippen molar-refractivity contribution < 1.29 is 18.0 Å². The molecule has 0 bridgehead atoms. The maximum Gasteiger partial charge on any atom is 0.250 e. The maximum atomic E-state index is 13.3. The van der Waals surface area contributed by atoms with Crippen molar-refractivity contribution in [2.45, 2.75) is 6.54 Å². The van der Waals surface area contributed by atoms with Crippen LogP contribution in [0.1, 0.15) is 15.9 Å². The lowest BCUT2D eigenvalue weighted by atomic mass is 10.1. The second-order valence-electron chi connectivity index (χ2n) is 5.15. The van der Waals surface area contributed by atoms with Gasteiger partial charge >= 0.3 is 0 Å². The predicted octanol–water partition coefficient (Wildman–Crippen LogP) is 3.36. The molecule has 1 heterocycles. The molecule has 0 saturated heterocycles. The number of primary amides is 1. The third-order valence-corrected chi connectivity index (χ3v) is 3.56. The van der Waals surface area contributed by atoms with Crippen LogP contribution in [0.3, 0.4) is 0 Å². The summed E-state index contributed by atoms with van der Waals surface area (Å²) in [5, 5.41) is 3.63. The van der Waals surface area contributed by atoms with Crippen molar-refractivity contribution in [2.24, 2.45) is 5.73 Å². The van der Waals surface area contributed by atoms with Crippen molar-refractivity contribution in [2.75, 3.05) is 5.32 Å². The lowest BCUT2D eigenvalue weighted by Crippen LogP contribution is -2.12. The Kier molecular flexibility index (Phi) is 4.07. The van der Waals surface area contributed by atoms with Gasteiger partial charge in [0, 0.05) is 23.8 Å². The number of nitrogens with zero attached hydrogens (tertiary/aromatic N) is 1. The molecule has 3 N–H and O–H groups in total. The van der Waals surface area contributed by atoms with Crippen LogP contribution in [0, 0.1) is 17.5 Å². The van der Waals surface area contributed by atoms with Crippen LogP contribution in [0.2, 0.25) is 0 Å². The van der Waals surface area contributed by atoms with Crippen molar-refractivity contribution in [3.63, 3.8) is 0 Å². The summed E-state index contributed by atoms with van der Waals surface area (Å²) < 4.78 is 39.5. The van der Waals surface area contributed by atoms with E-state index in [9.17, 15) is 18.0 Å². The van der Waals surface area contributed by atoms with Gasteiger partial charge in [-0.2, -0.15) is 0 Å². The first kappa shape index (κ1) is 15.8. The van der Waals surface area contributed by atoms with Gasteiger partial charge in [0.15, 0.2) is 17.5 Å². The highest BCUT2D eigenvalue weighted by Gasteiger charge is 2.13. The maximum absolute atomic E-state index is 13.3. The van der Waals surface area contributed by atoms with Crippen molar-refractivity contribution >= 4 is 22.5 Å². The van der Waals surface area contributed by atoms with Crippen LogP contribution in [0.25, 0.3) is 10.9 Å². The van der Waals surface area contributed by atoms with Crippen LogP contribution in [-0.2, 0) is 6.54 Å². The number of carbonyl (C=O) groups is 1. The zero-order valence-electron chi connectivity index (χ0n) is 12.3. The zero-order valence-corrected chi connectivity index (χ0v) is 12.3. The monoisotopic (exact) mass is 331 g/mol. The van der Waals surface area contributed by atoms with E-state index in [4.69, 9.17) is 5.73 Å². The molecular weight excluding hydrogens is 319 g/mol. The fraction of sp³-hybridized carbons (Fsp3) is 0.0588. The highest BCUT2D eigenvalue weighted by atomic mass is 19.2. The lowest BCUT2D eigenvalue weighted by Gasteiger charge is -2.11. The number of rotatable bonds is 4. The number of nitrogens with two attached hydrogens (primary N) is 1. The molecule has 2 aromatic carbocycles. The number of pyridine rings is 1. The number of aromatic nitrogens is 1. The third kappa shape index (κ3) is 2.88. The molecular formula is C17H12F3N3O. The molecule has 7 heteroatoms. The van der Waals surface area contributed by atoms with Crippen LogP contribution < -0.4 is 11.1 Å². The van der Waals surface area contributed by atoms with Crippen LogP contribution >= 0.6 is 0 Å². The zero-order chi connectivity index (χ0) is 17.3. The number of benzene rings is 2. The number of carbonyl (C=O) groups excluding carboxylic acids is 1. The molecule has 0 radical (unpaired) electrons. The standard InChI is InChI=1S/C17H12F3N3O/c18-12-6-9(7-13(19)15(12)20)8-23-14-4-3-11(17(21)24)16-10(14)2-1-5-22-16/h1-7,23H,8H2,(H2,21,24). The summed E-state index contributed by atoms with van der Waals surface area (Å²) in [6.07, 6.45) is 1.53. The number of halogens is 3. The highest BCUT2D eigenvalue weighted by molar-refractivity contribution is 6.07. The molecule has 24 heavy (non-hydrogen) atoms. The Balaban J connectivity index is 1.94. The average molecular weight is 331 g/mol. The molecule has 122 valence electrons. The Bertz CT molecular complexity index is 921. The summed E-state index contributed by atoms with van der Waals surface area (Å²) in [6.45, 7) is 0.0635. The molecule has 1 aromatic heterocycles. The van der Waals surface area contributed by atoms with E-state index in [1.165, 1.54) is 12.3 Å². The summed E-state index contributed by atoms with van der Waals surface area (Å²) in [7, 11) is 0. The van der Waals surface area contributed by atoms with Gasteiger partial charge in [0.05, 0.1) is 11.1 Å². The van der Waals surface area contributed by atoms with E-state index in [-0.39, 0.29) is 17.7 Å². The van der Waals surface area contributed by atoms with E-state index < -0.39 is 23.4 Å². The van der Waals surface area contributed by atoms with Gasteiger partial charge in [0.25, 0.3) is 5.91 Å². The van der Waals surface area contributed by atoms with E-state index in [1.807, 2.05) is 0 Å². The SMILES string of the molecule is NC(=O)c1ccc(NCc2cc(F)c(F)c(F)c2)c2cccnc12. The summed E-state index contributed by atoms with van der Waals surface area (Å²) in [5.74, 6) is -4.60. The molecule has 0 spiro atoms. The van der Waals surface area contributed by atoms with Crippen LogP contribution in [0.4, 0.5) is 18.9 Å². The van der Waals surface area contributed by atoms with E-state index >= 15 is 0 Å². The number of hydrogen-bond donors (Lipinski definition) is 2. The Morgan fingerprint density at radius 3 is 2.50 bits per heavy atom. The number of amides is 1. The first-order valence-electron chi connectivity index (χ1n) is 7.02. The molecule has 3 rings (SSSR count). The van der Waals surface area contributed by atoms with E-state index in [1.54, 1.807) is 18.2 Å². The summed E-state index contributed by atoms with van der Waals surface area (Å²) in [4.78, 5) is 15.6. The Morgan fingerprint density at radius 1 is 1.12 bits per heavy atom. The van der Waals surface area contributed by atoms with Crippen molar-refractivity contribution in [3.05, 3.63) is 71.2 Å². The molecule has 0 aliphatic rings. The Morgan fingerprint density at radius 2 is 1.83 bits per heavy atom. The molecule has 0 unspecified atom stereocenters. The number of nitrogens with one attached hydrogen (secondary N) is 1. The average Bonchev–Trinajstić information content (AvgIpc) is 2.57. The molecule has 4 nitrogen and oxygen atoms in total. The molecule has 0 aliphatic carbocycles. The van der Waals surface area contributed by atoms with E-state index in [0.29, 0.717) is 16.6 Å². The van der Waals surface area contributed by atoms with Crippen LogP contribution in [-0.4, -0.2) is 10.9 Å². The van der Waals surface area contributed by atoms with Gasteiger partial charge in [-0.3, -0.25) is 9.78 Å². The van der Waals surface area contributed by atoms with Gasteiger partial charge in [-0.25, -0.2) is 13.2 Å². The van der Waals surface area contributed by atoms with Crippen molar-refractivity contribution in [1.29, 1.82) is 0 Å². The molecule has 1 amide bonds. The van der Waals surface area contributed by atoms with Gasteiger partial charge < -0.3 is 11.1 Å². The summed E-state index contributed by atoms with van der Waals surface area (Å²) in [5.41, 5.74) is 6.86. The smallest absolute Gasteiger partial charge is 0.250 e.